The lowest BCUT2D eigenvalue weighted by atomic mass is 9.98. The molecule has 3 aliphatic rings. The first-order valence-electron chi connectivity index (χ1n) is 13.6. The Hall–Kier alpha value is -4.05. The molecule has 0 radical (unpaired) electrons. The number of carbonyl (C=O) groups excluding carboxylic acids is 4. The molecule has 5 rings (SSSR count). The molecule has 0 aliphatic carbocycles. The number of piperidine rings is 1. The number of ether oxygens (including phenoxy) is 2. The number of hydrogen-bond acceptors (Lipinski definition) is 7. The van der Waals surface area contributed by atoms with Crippen molar-refractivity contribution < 1.29 is 28.7 Å². The van der Waals surface area contributed by atoms with Gasteiger partial charge >= 0.3 is 12.1 Å². The van der Waals surface area contributed by atoms with Gasteiger partial charge < -0.3 is 20.1 Å². The summed E-state index contributed by atoms with van der Waals surface area (Å²) in [5, 5.41) is 4.96. The molecular weight excluding hydrogens is 542 g/mol. The van der Waals surface area contributed by atoms with Gasteiger partial charge in [0.25, 0.3) is 5.91 Å². The molecule has 9 nitrogen and oxygen atoms in total. The number of alkyl carbamates (subject to hydrolysis) is 1. The average Bonchev–Trinajstić information content (AvgIpc) is 2.95. The Morgan fingerprint density at radius 2 is 1.68 bits per heavy atom. The number of esters is 1. The molecule has 214 valence electrons. The summed E-state index contributed by atoms with van der Waals surface area (Å²) in [6, 6.07) is 17.9. The maximum atomic E-state index is 14.0. The van der Waals surface area contributed by atoms with Gasteiger partial charge in [-0.3, -0.25) is 14.5 Å². The van der Waals surface area contributed by atoms with Crippen LogP contribution in [-0.2, 0) is 23.9 Å². The third kappa shape index (κ3) is 6.32. The Labute approximate surface area is 243 Å². The summed E-state index contributed by atoms with van der Waals surface area (Å²) in [6.07, 6.45) is 1.64. The molecule has 2 aromatic rings. The molecule has 2 atom stereocenters. The molecule has 0 spiro atoms. The molecule has 41 heavy (non-hydrogen) atoms. The van der Waals surface area contributed by atoms with E-state index in [-0.39, 0.29) is 11.6 Å². The summed E-state index contributed by atoms with van der Waals surface area (Å²) < 4.78 is 11.5. The summed E-state index contributed by atoms with van der Waals surface area (Å²) in [4.78, 5) is 53.8. The van der Waals surface area contributed by atoms with Gasteiger partial charge in [0.1, 0.15) is 22.7 Å². The van der Waals surface area contributed by atoms with Crippen molar-refractivity contribution in [1.29, 1.82) is 0 Å². The highest BCUT2D eigenvalue weighted by molar-refractivity contribution is 8.00. The average molecular weight is 576 g/mol. The molecule has 2 saturated heterocycles. The number of β-lactam (4-membered cyclic amide) rings is 1. The molecule has 3 heterocycles. The number of nitrogens with zero attached hydrogens (tertiary/aromatic N) is 1. The molecule has 0 bridgehead atoms. The van der Waals surface area contributed by atoms with Gasteiger partial charge in [0.2, 0.25) is 5.91 Å². The lowest BCUT2D eigenvalue weighted by Crippen LogP contribution is -2.70. The van der Waals surface area contributed by atoms with Crippen molar-refractivity contribution in [3.05, 3.63) is 94.7 Å². The number of amides is 3. The van der Waals surface area contributed by atoms with E-state index in [1.54, 1.807) is 26.8 Å². The second-order valence-corrected chi connectivity index (χ2v) is 12.1. The fourth-order valence-electron chi connectivity index (χ4n) is 4.98. The fraction of sp³-hybridized carbons (Fsp3) is 0.355. The van der Waals surface area contributed by atoms with Gasteiger partial charge in [0, 0.05) is 17.9 Å². The Bertz CT molecular complexity index is 1360. The van der Waals surface area contributed by atoms with Gasteiger partial charge in [-0.1, -0.05) is 60.7 Å². The van der Waals surface area contributed by atoms with Crippen LogP contribution < -0.4 is 10.6 Å². The van der Waals surface area contributed by atoms with E-state index in [0.717, 1.165) is 17.5 Å². The van der Waals surface area contributed by atoms with Crippen LogP contribution in [0.2, 0.25) is 0 Å². The SMILES string of the molecule is CC(C)(C)OC(=O)NC1C(=O)N2C(C(=O)OC(c3ccccc3)c3ccccc3)=C(/C=C3\CCCNC3=O)CSC12. The summed E-state index contributed by atoms with van der Waals surface area (Å²) in [7, 11) is 0. The maximum absolute atomic E-state index is 14.0. The van der Waals surface area contributed by atoms with Gasteiger partial charge in [-0.2, -0.15) is 0 Å². The van der Waals surface area contributed by atoms with Gasteiger partial charge in [0.05, 0.1) is 0 Å². The molecule has 10 heteroatoms. The lowest BCUT2D eigenvalue weighted by molar-refractivity contribution is -0.153. The highest BCUT2D eigenvalue weighted by Gasteiger charge is 2.55. The minimum Gasteiger partial charge on any atom is -0.448 e. The first-order chi connectivity index (χ1) is 19.6. The van der Waals surface area contributed by atoms with Crippen molar-refractivity contribution >= 4 is 35.6 Å². The van der Waals surface area contributed by atoms with E-state index in [1.807, 2.05) is 60.7 Å². The minimum absolute atomic E-state index is 0.0868. The standard InChI is InChI=1S/C31H33N3O6S/c1-31(2,3)40-30(38)33-23-27(36)34-24(22(18-41-28(23)34)17-21-15-10-16-32-26(21)35)29(37)39-25(19-11-6-4-7-12-19)20-13-8-5-9-14-20/h4-9,11-14,17,23,25,28H,10,15-16,18H2,1-3H3,(H,32,35)(H,33,38)/b21-17+. The first kappa shape index (κ1) is 28.5. The van der Waals surface area contributed by atoms with Crippen molar-refractivity contribution in [2.45, 2.75) is 56.7 Å². The Morgan fingerprint density at radius 1 is 1.05 bits per heavy atom. The number of nitrogens with one attached hydrogen (secondary N) is 2. The summed E-state index contributed by atoms with van der Waals surface area (Å²) >= 11 is 1.41. The van der Waals surface area contributed by atoms with E-state index < -0.39 is 41.1 Å². The molecule has 0 aromatic heterocycles. The third-order valence-electron chi connectivity index (χ3n) is 6.84. The zero-order valence-electron chi connectivity index (χ0n) is 23.2. The molecule has 2 aromatic carbocycles. The van der Waals surface area contributed by atoms with Crippen LogP contribution in [0.25, 0.3) is 0 Å². The highest BCUT2D eigenvalue weighted by atomic mass is 32.2. The summed E-state index contributed by atoms with van der Waals surface area (Å²) in [5.74, 6) is -0.960. The van der Waals surface area contributed by atoms with E-state index in [9.17, 15) is 19.2 Å². The van der Waals surface area contributed by atoms with Gasteiger partial charge in [0.15, 0.2) is 6.10 Å². The molecule has 2 N–H and O–H groups in total. The minimum atomic E-state index is -0.858. The van der Waals surface area contributed by atoms with Crippen LogP contribution in [0.1, 0.15) is 50.8 Å². The van der Waals surface area contributed by atoms with E-state index in [0.29, 0.717) is 29.9 Å². The molecular formula is C31H33N3O6S. The van der Waals surface area contributed by atoms with Crippen molar-refractivity contribution in [3.63, 3.8) is 0 Å². The monoisotopic (exact) mass is 575 g/mol. The zero-order valence-corrected chi connectivity index (χ0v) is 24.0. The van der Waals surface area contributed by atoms with E-state index >= 15 is 0 Å². The lowest BCUT2D eigenvalue weighted by Gasteiger charge is -2.49. The third-order valence-corrected chi connectivity index (χ3v) is 8.14. The molecule has 2 fully saturated rings. The quantitative estimate of drug-likeness (QED) is 0.301. The Morgan fingerprint density at radius 3 is 2.27 bits per heavy atom. The van der Waals surface area contributed by atoms with Crippen molar-refractivity contribution in [3.8, 4) is 0 Å². The molecule has 0 saturated carbocycles. The topological polar surface area (TPSA) is 114 Å². The normalized spacial score (nSPS) is 21.7. The van der Waals surface area contributed by atoms with Crippen molar-refractivity contribution in [1.82, 2.24) is 15.5 Å². The van der Waals surface area contributed by atoms with Crippen LogP contribution in [0.3, 0.4) is 0 Å². The van der Waals surface area contributed by atoms with Crippen LogP contribution in [-0.4, -0.2) is 58.1 Å². The second-order valence-electron chi connectivity index (χ2n) is 11.0. The van der Waals surface area contributed by atoms with Crippen LogP contribution in [0, 0.1) is 0 Å². The van der Waals surface area contributed by atoms with Gasteiger partial charge in [-0.15, -0.1) is 11.8 Å². The predicted octanol–water partition coefficient (Wildman–Crippen LogP) is 4.22. The largest absolute Gasteiger partial charge is 0.448 e. The maximum Gasteiger partial charge on any atom is 0.408 e. The number of hydrogen-bond donors (Lipinski definition) is 2. The number of thioether (sulfide) groups is 1. The van der Waals surface area contributed by atoms with E-state index in [1.165, 1.54) is 16.7 Å². The summed E-state index contributed by atoms with van der Waals surface area (Å²) in [5.41, 5.74) is 2.00. The number of fused-ring (bicyclic) bond motifs is 1. The molecule has 3 aliphatic heterocycles. The van der Waals surface area contributed by atoms with E-state index in [4.69, 9.17) is 9.47 Å². The van der Waals surface area contributed by atoms with Gasteiger partial charge in [-0.25, -0.2) is 9.59 Å². The van der Waals surface area contributed by atoms with Crippen LogP contribution in [0.15, 0.2) is 83.6 Å². The van der Waals surface area contributed by atoms with Crippen LogP contribution in [0.5, 0.6) is 0 Å². The highest BCUT2D eigenvalue weighted by Crippen LogP contribution is 2.42. The van der Waals surface area contributed by atoms with Gasteiger partial charge in [-0.05, 0) is 56.4 Å². The number of rotatable bonds is 6. The molecule has 2 unspecified atom stereocenters. The molecule has 3 amide bonds. The zero-order chi connectivity index (χ0) is 29.1. The Balaban J connectivity index is 1.48. The Kier molecular flexibility index (Phi) is 8.21. The number of allylic oxidation sites excluding steroid dienone is 1. The first-order valence-corrected chi connectivity index (χ1v) is 14.6. The van der Waals surface area contributed by atoms with Crippen molar-refractivity contribution in [2.75, 3.05) is 12.3 Å². The van der Waals surface area contributed by atoms with E-state index in [2.05, 4.69) is 10.6 Å². The fourth-order valence-corrected chi connectivity index (χ4v) is 6.29. The summed E-state index contributed by atoms with van der Waals surface area (Å²) in [6.45, 7) is 5.82. The smallest absolute Gasteiger partial charge is 0.408 e. The second kappa shape index (κ2) is 11.8. The van der Waals surface area contributed by atoms with Crippen molar-refractivity contribution in [2.24, 2.45) is 0 Å². The van der Waals surface area contributed by atoms with Crippen LogP contribution in [0.4, 0.5) is 4.79 Å². The number of carbonyl (C=O) groups is 4. The van der Waals surface area contributed by atoms with Crippen LogP contribution >= 0.6 is 11.8 Å². The number of benzene rings is 2. The predicted molar refractivity (Wildman–Crippen MR) is 154 cm³/mol.